The van der Waals surface area contributed by atoms with Crippen LogP contribution < -0.4 is 4.74 Å². The quantitative estimate of drug-likeness (QED) is 0.709. The molecule has 0 aliphatic rings. The first-order valence-electron chi connectivity index (χ1n) is 6.18. The lowest BCUT2D eigenvalue weighted by molar-refractivity contribution is -0.145. The second-order valence-corrected chi connectivity index (χ2v) is 4.47. The Hall–Kier alpha value is -1.62. The van der Waals surface area contributed by atoms with Crippen LogP contribution in [0.5, 0.6) is 5.75 Å². The number of likely N-dealkylation sites (N-methyl/N-ethyl adjacent to an activating group) is 1. The summed E-state index contributed by atoms with van der Waals surface area (Å²) in [6.45, 7) is 3.36. The van der Waals surface area contributed by atoms with Gasteiger partial charge in [-0.1, -0.05) is 19.1 Å². The number of ether oxygens (including phenoxy) is 2. The first kappa shape index (κ1) is 15.4. The van der Waals surface area contributed by atoms with Crippen LogP contribution in [0.1, 0.15) is 6.92 Å². The predicted molar refractivity (Wildman–Crippen MR) is 70.6 cm³/mol. The minimum absolute atomic E-state index is 0.191. The van der Waals surface area contributed by atoms with Gasteiger partial charge in [0.2, 0.25) is 0 Å². The van der Waals surface area contributed by atoms with Crippen molar-refractivity contribution < 1.29 is 18.7 Å². The molecule has 0 radical (unpaired) electrons. The number of hydrogen-bond donors (Lipinski definition) is 0. The molecule has 0 bridgehead atoms. The molecule has 0 fully saturated rings. The number of carbonyl (C=O) groups is 1. The lowest BCUT2D eigenvalue weighted by atomic mass is 10.2. The molecule has 1 atom stereocenters. The van der Waals surface area contributed by atoms with E-state index in [1.54, 1.807) is 25.1 Å². The summed E-state index contributed by atoms with van der Waals surface area (Å²) in [6.07, 6.45) is 0. The van der Waals surface area contributed by atoms with Gasteiger partial charge >= 0.3 is 5.97 Å². The number of rotatable bonds is 7. The van der Waals surface area contributed by atoms with E-state index in [1.807, 2.05) is 11.9 Å². The Labute approximate surface area is 113 Å². The van der Waals surface area contributed by atoms with E-state index in [0.717, 1.165) is 0 Å². The highest BCUT2D eigenvalue weighted by molar-refractivity contribution is 5.72. The van der Waals surface area contributed by atoms with Gasteiger partial charge in [0.25, 0.3) is 0 Å². The first-order chi connectivity index (χ1) is 9.04. The van der Waals surface area contributed by atoms with E-state index in [1.165, 1.54) is 13.2 Å². The first-order valence-corrected chi connectivity index (χ1v) is 6.18. The molecule has 0 spiro atoms. The van der Waals surface area contributed by atoms with Gasteiger partial charge in [0.15, 0.2) is 11.6 Å². The molecule has 0 heterocycles. The molecule has 5 heteroatoms. The molecule has 0 aliphatic heterocycles. The van der Waals surface area contributed by atoms with E-state index in [0.29, 0.717) is 19.7 Å². The van der Waals surface area contributed by atoms with Crippen molar-refractivity contribution in [1.29, 1.82) is 0 Å². The van der Waals surface area contributed by atoms with Crippen LogP contribution in [-0.2, 0) is 9.53 Å². The second-order valence-electron chi connectivity index (χ2n) is 4.47. The van der Waals surface area contributed by atoms with Crippen LogP contribution >= 0.6 is 0 Å². The maximum Gasteiger partial charge on any atom is 0.309 e. The zero-order valence-corrected chi connectivity index (χ0v) is 11.6. The minimum atomic E-state index is -0.368. The van der Waals surface area contributed by atoms with Crippen LogP contribution in [0, 0.1) is 11.7 Å². The number of esters is 1. The molecule has 0 saturated heterocycles. The molecular formula is C14H20FNO3. The van der Waals surface area contributed by atoms with Gasteiger partial charge in [-0.3, -0.25) is 4.79 Å². The summed E-state index contributed by atoms with van der Waals surface area (Å²) in [5, 5.41) is 0. The smallest absolute Gasteiger partial charge is 0.309 e. The van der Waals surface area contributed by atoms with Gasteiger partial charge in [-0.15, -0.1) is 0 Å². The van der Waals surface area contributed by atoms with Gasteiger partial charge in [0, 0.05) is 13.1 Å². The highest BCUT2D eigenvalue weighted by Crippen LogP contribution is 2.15. The Morgan fingerprint density at radius 3 is 2.74 bits per heavy atom. The van der Waals surface area contributed by atoms with Crippen LogP contribution in [0.25, 0.3) is 0 Å². The normalized spacial score (nSPS) is 12.3. The molecule has 1 rings (SSSR count). The maximum atomic E-state index is 13.3. The zero-order chi connectivity index (χ0) is 14.3. The number of para-hydroxylation sites is 1. The van der Waals surface area contributed by atoms with E-state index in [9.17, 15) is 9.18 Å². The van der Waals surface area contributed by atoms with E-state index in [-0.39, 0.29) is 23.5 Å². The number of nitrogens with zero attached hydrogens (tertiary/aromatic N) is 1. The molecule has 0 amide bonds. The van der Waals surface area contributed by atoms with Gasteiger partial charge in [0.1, 0.15) is 6.61 Å². The molecule has 0 N–H and O–H groups in total. The van der Waals surface area contributed by atoms with Crippen molar-refractivity contribution in [2.75, 3.05) is 33.9 Å². The van der Waals surface area contributed by atoms with Crippen LogP contribution in [-0.4, -0.2) is 44.7 Å². The summed E-state index contributed by atoms with van der Waals surface area (Å²) in [4.78, 5) is 13.2. The fourth-order valence-electron chi connectivity index (χ4n) is 1.71. The average molecular weight is 269 g/mol. The summed E-state index contributed by atoms with van der Waals surface area (Å²) in [6, 6.07) is 6.29. The molecular weight excluding hydrogens is 249 g/mol. The van der Waals surface area contributed by atoms with Gasteiger partial charge in [-0.25, -0.2) is 4.39 Å². The molecule has 106 valence electrons. The van der Waals surface area contributed by atoms with Crippen molar-refractivity contribution in [1.82, 2.24) is 4.90 Å². The zero-order valence-electron chi connectivity index (χ0n) is 11.6. The number of hydrogen-bond acceptors (Lipinski definition) is 4. The van der Waals surface area contributed by atoms with E-state index >= 15 is 0 Å². The van der Waals surface area contributed by atoms with Gasteiger partial charge in [-0.2, -0.15) is 0 Å². The predicted octanol–water partition coefficient (Wildman–Crippen LogP) is 1.95. The third-order valence-corrected chi connectivity index (χ3v) is 2.76. The Bertz CT molecular complexity index is 411. The van der Waals surface area contributed by atoms with Crippen LogP contribution in [0.3, 0.4) is 0 Å². The summed E-state index contributed by atoms with van der Waals surface area (Å²) in [5.41, 5.74) is 0. The lowest BCUT2D eigenvalue weighted by Crippen LogP contribution is -2.32. The molecule has 0 aliphatic carbocycles. The summed E-state index contributed by atoms with van der Waals surface area (Å²) in [7, 11) is 3.25. The van der Waals surface area contributed by atoms with Crippen LogP contribution in [0.15, 0.2) is 24.3 Å². The Balaban J connectivity index is 2.29. The Kier molecular flexibility index (Phi) is 6.29. The number of halogens is 1. The highest BCUT2D eigenvalue weighted by atomic mass is 19.1. The molecule has 1 aromatic rings. The maximum absolute atomic E-state index is 13.3. The molecule has 0 saturated carbocycles. The standard InChI is InChI=1S/C14H20FNO3/c1-11(14(17)18-3)10-16(2)8-9-19-13-7-5-4-6-12(13)15/h4-7,11H,8-10H2,1-3H3. The van der Waals surface area contributed by atoms with Gasteiger partial charge in [0.05, 0.1) is 13.0 Å². The third kappa shape index (κ3) is 5.26. The van der Waals surface area contributed by atoms with E-state index in [2.05, 4.69) is 4.74 Å². The SMILES string of the molecule is COC(=O)C(C)CN(C)CCOc1ccccc1F. The van der Waals surface area contributed by atoms with E-state index < -0.39 is 0 Å². The monoisotopic (exact) mass is 269 g/mol. The topological polar surface area (TPSA) is 38.8 Å². The summed E-state index contributed by atoms with van der Waals surface area (Å²) in [5.74, 6) is -0.546. The second kappa shape index (κ2) is 7.74. The van der Waals surface area contributed by atoms with Crippen molar-refractivity contribution >= 4 is 5.97 Å². The number of methoxy groups -OCH3 is 1. The van der Waals surface area contributed by atoms with Crippen LogP contribution in [0.4, 0.5) is 4.39 Å². The van der Waals surface area contributed by atoms with Crippen molar-refractivity contribution in [3.63, 3.8) is 0 Å². The lowest BCUT2D eigenvalue weighted by Gasteiger charge is -2.20. The minimum Gasteiger partial charge on any atom is -0.489 e. The molecule has 1 unspecified atom stereocenters. The van der Waals surface area contributed by atoms with Gasteiger partial charge < -0.3 is 14.4 Å². The van der Waals surface area contributed by atoms with E-state index in [4.69, 9.17) is 4.74 Å². The third-order valence-electron chi connectivity index (χ3n) is 2.76. The molecule has 0 aromatic heterocycles. The molecule has 4 nitrogen and oxygen atoms in total. The number of benzene rings is 1. The fourth-order valence-corrected chi connectivity index (χ4v) is 1.71. The van der Waals surface area contributed by atoms with Crippen LogP contribution in [0.2, 0.25) is 0 Å². The molecule has 19 heavy (non-hydrogen) atoms. The largest absolute Gasteiger partial charge is 0.489 e. The summed E-state index contributed by atoms with van der Waals surface area (Å²) < 4.78 is 23.3. The van der Waals surface area contributed by atoms with Crippen molar-refractivity contribution in [2.24, 2.45) is 5.92 Å². The van der Waals surface area contributed by atoms with Gasteiger partial charge in [-0.05, 0) is 19.2 Å². The summed E-state index contributed by atoms with van der Waals surface area (Å²) >= 11 is 0. The van der Waals surface area contributed by atoms with Crippen molar-refractivity contribution in [3.8, 4) is 5.75 Å². The fraction of sp³-hybridized carbons (Fsp3) is 0.500. The number of carbonyl (C=O) groups excluding carboxylic acids is 1. The Morgan fingerprint density at radius 2 is 2.11 bits per heavy atom. The average Bonchev–Trinajstić information content (AvgIpc) is 2.40. The molecule has 1 aromatic carbocycles. The van der Waals surface area contributed by atoms with Crippen molar-refractivity contribution in [3.05, 3.63) is 30.1 Å². The van der Waals surface area contributed by atoms with Crippen molar-refractivity contribution in [2.45, 2.75) is 6.92 Å². The Morgan fingerprint density at radius 1 is 1.42 bits per heavy atom. The highest BCUT2D eigenvalue weighted by Gasteiger charge is 2.15.